The van der Waals surface area contributed by atoms with E-state index in [0.717, 1.165) is 39.1 Å². The van der Waals surface area contributed by atoms with E-state index in [1.165, 1.54) is 10.6 Å². The molecule has 2 aliphatic heterocycles. The molecule has 0 spiro atoms. The Morgan fingerprint density at radius 3 is 2.39 bits per heavy atom. The second-order valence-corrected chi connectivity index (χ2v) is 6.05. The number of hydrogen-bond acceptors (Lipinski definition) is 4. The lowest BCUT2D eigenvalue weighted by atomic mass is 10.2. The largest absolute Gasteiger partial charge is 0.369 e. The maximum absolute atomic E-state index is 11.7. The molecule has 1 aromatic rings. The summed E-state index contributed by atoms with van der Waals surface area (Å²) in [5.41, 5.74) is 1.28. The first-order chi connectivity index (χ1) is 11.2. The minimum Gasteiger partial charge on any atom is -0.369 e. The molecule has 6 heteroatoms. The van der Waals surface area contributed by atoms with Gasteiger partial charge in [0.1, 0.15) is 0 Å². The van der Waals surface area contributed by atoms with Gasteiger partial charge in [-0.05, 0) is 25.1 Å². The predicted molar refractivity (Wildman–Crippen MR) is 89.4 cm³/mol. The summed E-state index contributed by atoms with van der Waals surface area (Å²) in [4.78, 5) is 29.6. The number of nitrogens with zero attached hydrogens (tertiary/aromatic N) is 3. The van der Waals surface area contributed by atoms with Gasteiger partial charge in [-0.1, -0.05) is 18.2 Å². The van der Waals surface area contributed by atoms with Gasteiger partial charge < -0.3 is 10.2 Å². The summed E-state index contributed by atoms with van der Waals surface area (Å²) in [7, 11) is 0. The highest BCUT2D eigenvalue weighted by molar-refractivity contribution is 5.96. The van der Waals surface area contributed by atoms with Gasteiger partial charge in [-0.25, -0.2) is 4.79 Å². The average molecular weight is 316 g/mol. The van der Waals surface area contributed by atoms with Crippen LogP contribution in [0.25, 0.3) is 0 Å². The van der Waals surface area contributed by atoms with Gasteiger partial charge in [-0.15, -0.1) is 0 Å². The van der Waals surface area contributed by atoms with Gasteiger partial charge in [0.25, 0.3) is 0 Å². The molecule has 0 radical (unpaired) electrons. The molecule has 0 atom stereocenters. The van der Waals surface area contributed by atoms with Crippen LogP contribution < -0.4 is 10.2 Å². The molecular weight excluding hydrogens is 292 g/mol. The van der Waals surface area contributed by atoms with Crippen LogP contribution in [0.15, 0.2) is 30.3 Å². The van der Waals surface area contributed by atoms with Crippen LogP contribution in [0, 0.1) is 0 Å². The monoisotopic (exact) mass is 316 g/mol. The number of para-hydroxylation sites is 1. The maximum Gasteiger partial charge on any atom is 0.324 e. The number of piperazine rings is 1. The fourth-order valence-electron chi connectivity index (χ4n) is 3.17. The Morgan fingerprint density at radius 1 is 0.957 bits per heavy atom. The average Bonchev–Trinajstić information content (AvgIpc) is 2.59. The molecule has 3 rings (SSSR count). The van der Waals surface area contributed by atoms with Crippen molar-refractivity contribution >= 4 is 17.6 Å². The van der Waals surface area contributed by atoms with Crippen molar-refractivity contribution in [2.24, 2.45) is 0 Å². The molecule has 124 valence electrons. The van der Waals surface area contributed by atoms with Crippen molar-refractivity contribution in [3.05, 3.63) is 30.3 Å². The zero-order valence-electron chi connectivity index (χ0n) is 13.4. The van der Waals surface area contributed by atoms with E-state index >= 15 is 0 Å². The summed E-state index contributed by atoms with van der Waals surface area (Å²) in [5.74, 6) is -0.0531. The van der Waals surface area contributed by atoms with Gasteiger partial charge in [0.15, 0.2) is 0 Å². The van der Waals surface area contributed by atoms with E-state index < -0.39 is 0 Å². The van der Waals surface area contributed by atoms with Crippen LogP contribution in [0.2, 0.25) is 0 Å². The third-order valence-electron chi connectivity index (χ3n) is 4.51. The molecule has 0 aromatic heterocycles. The number of urea groups is 1. The van der Waals surface area contributed by atoms with Gasteiger partial charge >= 0.3 is 6.03 Å². The van der Waals surface area contributed by atoms with E-state index in [-0.39, 0.29) is 11.9 Å². The number of carbonyl (C=O) groups excluding carboxylic acids is 2. The highest BCUT2D eigenvalue weighted by Gasteiger charge is 2.25. The number of carbonyl (C=O) groups is 2. The van der Waals surface area contributed by atoms with Gasteiger partial charge in [0, 0.05) is 51.4 Å². The Kier molecular flexibility index (Phi) is 5.12. The number of amides is 3. The number of benzene rings is 1. The first kappa shape index (κ1) is 15.8. The van der Waals surface area contributed by atoms with Crippen LogP contribution in [-0.4, -0.2) is 67.6 Å². The molecule has 0 unspecified atom stereocenters. The number of nitrogens with one attached hydrogen (secondary N) is 1. The van der Waals surface area contributed by atoms with Crippen molar-refractivity contribution in [3.63, 3.8) is 0 Å². The normalized spacial score (nSPS) is 19.8. The molecular formula is C17H24N4O2. The van der Waals surface area contributed by atoms with Crippen molar-refractivity contribution in [1.82, 2.24) is 15.1 Å². The van der Waals surface area contributed by atoms with Crippen molar-refractivity contribution in [2.45, 2.75) is 12.8 Å². The Bertz CT molecular complexity index is 525. The zero-order valence-corrected chi connectivity index (χ0v) is 13.4. The third-order valence-corrected chi connectivity index (χ3v) is 4.51. The van der Waals surface area contributed by atoms with E-state index in [4.69, 9.17) is 0 Å². The van der Waals surface area contributed by atoms with Crippen molar-refractivity contribution < 1.29 is 9.59 Å². The summed E-state index contributed by atoms with van der Waals surface area (Å²) in [6.45, 7) is 6.00. The van der Waals surface area contributed by atoms with E-state index in [1.54, 1.807) is 0 Å². The first-order valence-corrected chi connectivity index (χ1v) is 8.34. The molecule has 2 fully saturated rings. The third kappa shape index (κ3) is 4.01. The van der Waals surface area contributed by atoms with Crippen molar-refractivity contribution in [3.8, 4) is 0 Å². The summed E-state index contributed by atoms with van der Waals surface area (Å²) in [6, 6.07) is 10.2. The molecule has 3 amide bonds. The number of hydrogen-bond donors (Lipinski definition) is 1. The standard InChI is InChI=1S/C17H24N4O2/c22-16-7-8-18-17(23)21(16)10-4-9-19-11-13-20(14-12-19)15-5-2-1-3-6-15/h1-3,5-6H,4,7-14H2,(H,18,23). The van der Waals surface area contributed by atoms with Crippen LogP contribution in [0.1, 0.15) is 12.8 Å². The SMILES string of the molecule is O=C1CCNC(=O)N1CCCN1CCN(c2ccccc2)CC1. The maximum atomic E-state index is 11.7. The molecule has 23 heavy (non-hydrogen) atoms. The predicted octanol–water partition coefficient (Wildman–Crippen LogP) is 1.14. The Morgan fingerprint density at radius 2 is 1.70 bits per heavy atom. The van der Waals surface area contributed by atoms with Gasteiger partial charge in [0.05, 0.1) is 0 Å². The lowest BCUT2D eigenvalue weighted by Gasteiger charge is -2.36. The minimum absolute atomic E-state index is 0.0531. The Balaban J connectivity index is 1.39. The van der Waals surface area contributed by atoms with E-state index in [1.807, 2.05) is 6.07 Å². The number of rotatable bonds is 5. The van der Waals surface area contributed by atoms with Gasteiger partial charge in [0.2, 0.25) is 5.91 Å². The Hall–Kier alpha value is -2.08. The molecule has 0 bridgehead atoms. The lowest BCUT2D eigenvalue weighted by molar-refractivity contribution is -0.129. The fraction of sp³-hybridized carbons (Fsp3) is 0.529. The zero-order chi connectivity index (χ0) is 16.1. The Labute approximate surface area is 137 Å². The smallest absolute Gasteiger partial charge is 0.324 e. The summed E-state index contributed by atoms with van der Waals surface area (Å²) in [5, 5.41) is 2.72. The minimum atomic E-state index is -0.241. The number of imide groups is 1. The quantitative estimate of drug-likeness (QED) is 0.885. The van der Waals surface area contributed by atoms with Crippen LogP contribution in [0.3, 0.4) is 0 Å². The van der Waals surface area contributed by atoms with E-state index in [9.17, 15) is 9.59 Å². The van der Waals surface area contributed by atoms with Gasteiger partial charge in [-0.3, -0.25) is 14.6 Å². The van der Waals surface area contributed by atoms with Crippen molar-refractivity contribution in [2.75, 3.05) is 50.7 Å². The molecule has 6 nitrogen and oxygen atoms in total. The molecule has 1 aromatic carbocycles. The fourth-order valence-corrected chi connectivity index (χ4v) is 3.17. The molecule has 2 aliphatic rings. The summed E-state index contributed by atoms with van der Waals surface area (Å²) >= 11 is 0. The molecule has 1 N–H and O–H groups in total. The van der Waals surface area contributed by atoms with E-state index in [0.29, 0.717) is 19.5 Å². The second-order valence-electron chi connectivity index (χ2n) is 6.05. The summed E-state index contributed by atoms with van der Waals surface area (Å²) < 4.78 is 0. The molecule has 2 saturated heterocycles. The highest BCUT2D eigenvalue weighted by atomic mass is 16.2. The molecule has 0 aliphatic carbocycles. The number of anilines is 1. The first-order valence-electron chi connectivity index (χ1n) is 8.34. The van der Waals surface area contributed by atoms with Crippen LogP contribution >= 0.6 is 0 Å². The van der Waals surface area contributed by atoms with E-state index in [2.05, 4.69) is 39.4 Å². The topological polar surface area (TPSA) is 55.9 Å². The lowest BCUT2D eigenvalue weighted by Crippen LogP contribution is -2.51. The molecule has 2 heterocycles. The van der Waals surface area contributed by atoms with Crippen LogP contribution in [-0.2, 0) is 4.79 Å². The highest BCUT2D eigenvalue weighted by Crippen LogP contribution is 2.15. The second kappa shape index (κ2) is 7.46. The van der Waals surface area contributed by atoms with Crippen LogP contribution in [0.5, 0.6) is 0 Å². The summed E-state index contributed by atoms with van der Waals surface area (Å²) in [6.07, 6.45) is 1.26. The van der Waals surface area contributed by atoms with Gasteiger partial charge in [-0.2, -0.15) is 0 Å². The van der Waals surface area contributed by atoms with Crippen LogP contribution in [0.4, 0.5) is 10.5 Å². The van der Waals surface area contributed by atoms with Crippen molar-refractivity contribution in [1.29, 1.82) is 0 Å². The molecule has 0 saturated carbocycles.